The lowest BCUT2D eigenvalue weighted by atomic mass is 10.2. The Morgan fingerprint density at radius 1 is 1.29 bits per heavy atom. The minimum atomic E-state index is -2.51. The summed E-state index contributed by atoms with van der Waals surface area (Å²) >= 11 is 17.4. The minimum absolute atomic E-state index is 0.391. The summed E-state index contributed by atoms with van der Waals surface area (Å²) in [5.41, 5.74) is 0.867. The summed E-state index contributed by atoms with van der Waals surface area (Å²) in [6.45, 7) is 0.569. The average molecular weight is 368 g/mol. The molecule has 0 heterocycles. The van der Waals surface area contributed by atoms with Gasteiger partial charge in [-0.05, 0) is 42.7 Å². The predicted octanol–water partition coefficient (Wildman–Crippen LogP) is 4.69. The number of rotatable bonds is 8. The third-order valence-electron chi connectivity index (χ3n) is 2.59. The molecule has 0 unspecified atom stereocenters. The van der Waals surface area contributed by atoms with Gasteiger partial charge in [-0.1, -0.05) is 12.1 Å². The van der Waals surface area contributed by atoms with Gasteiger partial charge in [-0.2, -0.15) is 0 Å². The van der Waals surface area contributed by atoms with E-state index in [1.54, 1.807) is 6.08 Å². The van der Waals surface area contributed by atoms with Crippen molar-refractivity contribution in [3.8, 4) is 5.75 Å². The summed E-state index contributed by atoms with van der Waals surface area (Å²) in [6.07, 6.45) is 4.71. The van der Waals surface area contributed by atoms with Crippen LogP contribution in [0.5, 0.6) is 5.75 Å². The highest BCUT2D eigenvalue weighted by atomic mass is 35.8. The summed E-state index contributed by atoms with van der Waals surface area (Å²) in [6, 6.07) is 5.58. The summed E-state index contributed by atoms with van der Waals surface area (Å²) in [4.78, 5) is 11.0. The molecule has 1 aromatic rings. The van der Waals surface area contributed by atoms with Crippen LogP contribution in [0.15, 0.2) is 30.3 Å². The third kappa shape index (κ3) is 9.04. The fraction of sp³-hybridized carbons (Fsp3) is 0.357. The van der Waals surface area contributed by atoms with E-state index >= 15 is 0 Å². The second kappa shape index (κ2) is 9.36. The number of carbonyl (C=O) groups is 1. The normalized spacial score (nSPS) is 11.6. The average Bonchev–Trinajstić information content (AvgIpc) is 2.43. The fourth-order valence-electron chi connectivity index (χ4n) is 1.56. The molecule has 7 heteroatoms. The first-order valence-electron chi connectivity index (χ1n) is 6.46. The van der Waals surface area contributed by atoms with E-state index in [1.807, 2.05) is 24.3 Å². The van der Waals surface area contributed by atoms with E-state index in [-0.39, 0.29) is 0 Å². The fourth-order valence-corrected chi connectivity index (χ4v) is 3.41. The summed E-state index contributed by atoms with van der Waals surface area (Å²) in [7, 11) is 1.34. The molecule has 0 amide bonds. The Labute approximate surface area is 139 Å². The Morgan fingerprint density at radius 2 is 2.05 bits per heavy atom. The smallest absolute Gasteiger partial charge is 0.341 e. The second-order valence-corrected chi connectivity index (χ2v) is 13.6. The zero-order valence-electron chi connectivity index (χ0n) is 11.7. The minimum Gasteiger partial charge on any atom is -0.494 e. The van der Waals surface area contributed by atoms with Crippen LogP contribution in [-0.4, -0.2) is 25.7 Å². The van der Waals surface area contributed by atoms with Crippen molar-refractivity contribution in [2.45, 2.75) is 18.9 Å². The molecule has 21 heavy (non-hydrogen) atoms. The molecule has 0 saturated carbocycles. The van der Waals surface area contributed by atoms with E-state index in [9.17, 15) is 4.79 Å². The molecule has 0 spiro atoms. The van der Waals surface area contributed by atoms with Gasteiger partial charge in [0.25, 0.3) is 0 Å². The molecule has 3 nitrogen and oxygen atoms in total. The Hall–Kier alpha value is -0.683. The molecule has 116 valence electrons. The lowest BCUT2D eigenvalue weighted by Crippen LogP contribution is -2.09. The van der Waals surface area contributed by atoms with E-state index in [1.165, 1.54) is 13.2 Å². The Morgan fingerprint density at radius 3 is 2.71 bits per heavy atom. The van der Waals surface area contributed by atoms with E-state index in [0.717, 1.165) is 24.2 Å². The van der Waals surface area contributed by atoms with Crippen molar-refractivity contribution in [2.24, 2.45) is 0 Å². The maximum Gasteiger partial charge on any atom is 0.341 e. The molecule has 0 saturated heterocycles. The van der Waals surface area contributed by atoms with Crippen molar-refractivity contribution in [1.82, 2.24) is 0 Å². The van der Waals surface area contributed by atoms with Gasteiger partial charge in [-0.3, -0.25) is 0 Å². The van der Waals surface area contributed by atoms with Crippen LogP contribution >= 0.6 is 33.2 Å². The summed E-state index contributed by atoms with van der Waals surface area (Å²) < 4.78 is 10.2. The number of ether oxygens (including phenoxy) is 2. The standard InChI is InChI=1S/C14H17Cl3O3Si/c1-19-14(18)8-7-12-5-4-6-13(11-12)20-9-2-3-10-21(15,16)17/h4-8,11H,2-3,9-10H2,1H3/b8-7+. The number of benzene rings is 1. The highest BCUT2D eigenvalue weighted by molar-refractivity contribution is 7.64. The van der Waals surface area contributed by atoms with Crippen LogP contribution in [0, 0.1) is 0 Å². The van der Waals surface area contributed by atoms with Crippen LogP contribution in [0.3, 0.4) is 0 Å². The van der Waals surface area contributed by atoms with Crippen LogP contribution in [0.2, 0.25) is 6.04 Å². The number of esters is 1. The first-order chi connectivity index (χ1) is 9.90. The van der Waals surface area contributed by atoms with Gasteiger partial charge in [-0.15, -0.1) is 33.2 Å². The van der Waals surface area contributed by atoms with Crippen molar-refractivity contribution in [3.05, 3.63) is 35.9 Å². The maximum atomic E-state index is 11.0. The SMILES string of the molecule is COC(=O)/C=C/c1cccc(OCCCC[Si](Cl)(Cl)Cl)c1. The van der Waals surface area contributed by atoms with Gasteiger partial charge >= 0.3 is 12.0 Å². The largest absolute Gasteiger partial charge is 0.494 e. The zero-order chi connectivity index (χ0) is 15.7. The number of hydrogen-bond acceptors (Lipinski definition) is 3. The van der Waals surface area contributed by atoms with Crippen LogP contribution < -0.4 is 4.74 Å². The lowest BCUT2D eigenvalue weighted by molar-refractivity contribution is -0.134. The molecule has 0 fully saturated rings. The highest BCUT2D eigenvalue weighted by Gasteiger charge is 2.23. The molecule has 0 aliphatic heterocycles. The molecule has 0 atom stereocenters. The monoisotopic (exact) mass is 366 g/mol. The molecule has 0 aliphatic rings. The Balaban J connectivity index is 2.39. The molecule has 1 rings (SSSR count). The van der Waals surface area contributed by atoms with Crippen LogP contribution in [-0.2, 0) is 9.53 Å². The van der Waals surface area contributed by atoms with E-state index in [0.29, 0.717) is 12.7 Å². The van der Waals surface area contributed by atoms with Gasteiger partial charge < -0.3 is 9.47 Å². The third-order valence-corrected chi connectivity index (χ3v) is 5.22. The van der Waals surface area contributed by atoms with E-state index < -0.39 is 12.0 Å². The quantitative estimate of drug-likeness (QED) is 0.220. The van der Waals surface area contributed by atoms with Crippen LogP contribution in [0.1, 0.15) is 18.4 Å². The molecule has 1 aromatic carbocycles. The molecule has 0 aromatic heterocycles. The Kier molecular flexibility index (Phi) is 8.18. The summed E-state index contributed by atoms with van der Waals surface area (Å²) in [5.74, 6) is 0.352. The number of methoxy groups -OCH3 is 1. The van der Waals surface area contributed by atoms with E-state index in [4.69, 9.17) is 38.0 Å². The molecule has 0 N–H and O–H groups in total. The molecule has 0 radical (unpaired) electrons. The zero-order valence-corrected chi connectivity index (χ0v) is 14.9. The first kappa shape index (κ1) is 18.4. The number of carbonyl (C=O) groups excluding carboxylic acids is 1. The Bertz CT molecular complexity index is 487. The van der Waals surface area contributed by atoms with Crippen molar-refractivity contribution in [2.75, 3.05) is 13.7 Å². The highest BCUT2D eigenvalue weighted by Crippen LogP contribution is 2.27. The maximum absolute atomic E-state index is 11.0. The van der Waals surface area contributed by atoms with E-state index in [2.05, 4.69) is 4.74 Å². The summed E-state index contributed by atoms with van der Waals surface area (Å²) in [5, 5.41) is 0. The van der Waals surface area contributed by atoms with Crippen molar-refractivity contribution < 1.29 is 14.3 Å². The number of unbranched alkanes of at least 4 members (excludes halogenated alkanes) is 1. The van der Waals surface area contributed by atoms with Gasteiger partial charge in [0.05, 0.1) is 13.7 Å². The lowest BCUT2D eigenvalue weighted by Gasteiger charge is -2.09. The van der Waals surface area contributed by atoms with Crippen LogP contribution in [0.4, 0.5) is 0 Å². The van der Waals surface area contributed by atoms with Gasteiger partial charge in [0.15, 0.2) is 0 Å². The molecule has 0 bridgehead atoms. The topological polar surface area (TPSA) is 35.5 Å². The first-order valence-corrected chi connectivity index (χ1v) is 11.7. The van der Waals surface area contributed by atoms with Crippen molar-refractivity contribution in [3.63, 3.8) is 0 Å². The van der Waals surface area contributed by atoms with Crippen LogP contribution in [0.25, 0.3) is 6.08 Å². The van der Waals surface area contributed by atoms with Gasteiger partial charge in [-0.25, -0.2) is 4.79 Å². The van der Waals surface area contributed by atoms with Gasteiger partial charge in [0.2, 0.25) is 0 Å². The number of hydrogen-bond donors (Lipinski definition) is 0. The number of halogens is 3. The predicted molar refractivity (Wildman–Crippen MR) is 90.3 cm³/mol. The second-order valence-electron chi connectivity index (χ2n) is 4.35. The molecular formula is C14H17Cl3O3Si. The van der Waals surface area contributed by atoms with Gasteiger partial charge in [0.1, 0.15) is 5.75 Å². The molecule has 0 aliphatic carbocycles. The van der Waals surface area contributed by atoms with Crippen molar-refractivity contribution in [1.29, 1.82) is 0 Å². The molecular weight excluding hydrogens is 351 g/mol. The van der Waals surface area contributed by atoms with Gasteiger partial charge in [0, 0.05) is 6.08 Å². The van der Waals surface area contributed by atoms with Crippen molar-refractivity contribution >= 4 is 51.3 Å².